The van der Waals surface area contributed by atoms with E-state index in [1.807, 2.05) is 17.5 Å². The number of hydrogen-bond acceptors (Lipinski definition) is 5. The number of phenols is 1. The van der Waals surface area contributed by atoms with Gasteiger partial charge in [-0.1, -0.05) is 6.07 Å². The number of benzene rings is 1. The summed E-state index contributed by atoms with van der Waals surface area (Å²) in [6.07, 6.45) is 3.80. The Bertz CT molecular complexity index is 880. The highest BCUT2D eigenvalue weighted by Crippen LogP contribution is 2.31. The Morgan fingerprint density at radius 1 is 1.36 bits per heavy atom. The number of H-pyrrole nitrogens is 1. The quantitative estimate of drug-likeness (QED) is 0.605. The predicted molar refractivity (Wildman–Crippen MR) is 100 cm³/mol. The van der Waals surface area contributed by atoms with E-state index in [9.17, 15) is 9.90 Å². The number of aromatic amines is 1. The van der Waals surface area contributed by atoms with Crippen molar-refractivity contribution in [1.29, 1.82) is 0 Å². The molecule has 1 aromatic carbocycles. The molecule has 5 nitrogen and oxygen atoms in total. The van der Waals surface area contributed by atoms with Gasteiger partial charge in [0, 0.05) is 12.0 Å². The van der Waals surface area contributed by atoms with Gasteiger partial charge in [0.1, 0.15) is 22.6 Å². The van der Waals surface area contributed by atoms with Crippen molar-refractivity contribution in [2.24, 2.45) is 5.92 Å². The highest BCUT2D eigenvalue weighted by atomic mass is 32.1. The molecule has 1 aliphatic heterocycles. The van der Waals surface area contributed by atoms with Crippen LogP contribution in [-0.4, -0.2) is 33.9 Å². The molecule has 0 saturated carbocycles. The first-order chi connectivity index (χ1) is 12.2. The molecule has 1 fully saturated rings. The van der Waals surface area contributed by atoms with Gasteiger partial charge in [0.05, 0.1) is 4.88 Å². The summed E-state index contributed by atoms with van der Waals surface area (Å²) in [5, 5.41) is 15.5. The number of carbonyl (C=O) groups is 1. The van der Waals surface area contributed by atoms with Crippen LogP contribution in [0.3, 0.4) is 0 Å². The maximum atomic E-state index is 12.8. The molecule has 130 valence electrons. The zero-order chi connectivity index (χ0) is 17.2. The van der Waals surface area contributed by atoms with Crippen LogP contribution < -0.4 is 5.32 Å². The third-order valence-corrected chi connectivity index (χ3v) is 5.73. The van der Waals surface area contributed by atoms with Crippen molar-refractivity contribution in [3.63, 3.8) is 0 Å². The number of ketones is 1. The van der Waals surface area contributed by atoms with Crippen LogP contribution in [0.1, 0.15) is 36.0 Å². The van der Waals surface area contributed by atoms with Gasteiger partial charge < -0.3 is 15.4 Å². The molecule has 2 aromatic heterocycles. The molecule has 0 amide bonds. The number of thiophene rings is 1. The monoisotopic (exact) mass is 355 g/mol. The maximum absolute atomic E-state index is 12.8. The molecule has 3 N–H and O–H groups in total. The van der Waals surface area contributed by atoms with Gasteiger partial charge in [-0.25, -0.2) is 4.98 Å². The minimum atomic E-state index is 0.0970. The summed E-state index contributed by atoms with van der Waals surface area (Å²) < 4.78 is 0. The van der Waals surface area contributed by atoms with Crippen LogP contribution in [0.5, 0.6) is 5.75 Å². The zero-order valence-corrected chi connectivity index (χ0v) is 14.7. The first-order valence-electron chi connectivity index (χ1n) is 8.72. The Balaban J connectivity index is 1.60. The lowest BCUT2D eigenvalue weighted by molar-refractivity contribution is 0.0973. The lowest BCUT2D eigenvalue weighted by Crippen LogP contribution is -2.30. The fraction of sp³-hybridized carbons (Fsp3) is 0.368. The number of nitrogens with one attached hydrogen (secondary N) is 2. The van der Waals surface area contributed by atoms with Gasteiger partial charge in [-0.3, -0.25) is 4.79 Å². The normalized spacial score (nSPS) is 17.8. The van der Waals surface area contributed by atoms with Gasteiger partial charge in [0.2, 0.25) is 0 Å². The molecule has 0 spiro atoms. The molecule has 1 aliphatic rings. The van der Waals surface area contributed by atoms with Crippen LogP contribution in [0.4, 0.5) is 0 Å². The van der Waals surface area contributed by atoms with E-state index in [4.69, 9.17) is 0 Å². The van der Waals surface area contributed by atoms with E-state index >= 15 is 0 Å². The third-order valence-electron chi connectivity index (χ3n) is 4.86. The Morgan fingerprint density at radius 2 is 2.28 bits per heavy atom. The van der Waals surface area contributed by atoms with E-state index < -0.39 is 0 Å². The van der Waals surface area contributed by atoms with Crippen LogP contribution in [0.15, 0.2) is 29.6 Å². The van der Waals surface area contributed by atoms with E-state index in [1.165, 1.54) is 12.8 Å². The smallest absolute Gasteiger partial charge is 0.165 e. The van der Waals surface area contributed by atoms with Crippen molar-refractivity contribution in [3.05, 3.63) is 35.2 Å². The molecule has 0 aliphatic carbocycles. The van der Waals surface area contributed by atoms with Crippen LogP contribution in [-0.2, 0) is 0 Å². The van der Waals surface area contributed by atoms with E-state index in [0.717, 1.165) is 24.4 Å². The second-order valence-corrected chi connectivity index (χ2v) is 7.54. The summed E-state index contributed by atoms with van der Waals surface area (Å²) in [6, 6.07) is 7.20. The number of hydrogen-bond donors (Lipinski definition) is 3. The van der Waals surface area contributed by atoms with Gasteiger partial charge in [-0.05, 0) is 61.8 Å². The largest absolute Gasteiger partial charge is 0.506 e. The average molecular weight is 355 g/mol. The van der Waals surface area contributed by atoms with Crippen molar-refractivity contribution in [2.45, 2.75) is 25.7 Å². The Labute approximate surface area is 150 Å². The molecule has 4 rings (SSSR count). The molecule has 1 atom stereocenters. The van der Waals surface area contributed by atoms with Gasteiger partial charge in [-0.15, -0.1) is 11.3 Å². The predicted octanol–water partition coefficient (Wildman–Crippen LogP) is 3.96. The van der Waals surface area contributed by atoms with Crippen LogP contribution >= 0.6 is 11.3 Å². The molecule has 0 bridgehead atoms. The highest BCUT2D eigenvalue weighted by molar-refractivity contribution is 7.13. The summed E-state index contributed by atoms with van der Waals surface area (Å²) >= 11 is 1.57. The van der Waals surface area contributed by atoms with Crippen molar-refractivity contribution >= 4 is 28.2 Å². The number of piperidine rings is 1. The minimum absolute atomic E-state index is 0.0970. The Morgan fingerprint density at radius 3 is 3.04 bits per heavy atom. The summed E-state index contributed by atoms with van der Waals surface area (Å²) in [5.74, 6) is 1.49. The summed E-state index contributed by atoms with van der Waals surface area (Å²) in [6.45, 7) is 2.09. The molecule has 3 heterocycles. The molecule has 6 heteroatoms. The number of aromatic hydroxyl groups is 1. The molecule has 3 aromatic rings. The number of nitrogens with zero attached hydrogens (tertiary/aromatic N) is 1. The van der Waals surface area contributed by atoms with E-state index in [2.05, 4.69) is 15.3 Å². The number of imidazole rings is 1. The average Bonchev–Trinajstić information content (AvgIpc) is 3.30. The lowest BCUT2D eigenvalue weighted by Gasteiger charge is -2.22. The fourth-order valence-electron chi connectivity index (χ4n) is 3.47. The number of Topliss-reactive ketones (excluding diaryl/α,β-unsaturated/α-hetero) is 1. The number of rotatable bonds is 5. The van der Waals surface area contributed by atoms with E-state index in [-0.39, 0.29) is 11.5 Å². The summed E-state index contributed by atoms with van der Waals surface area (Å²) in [7, 11) is 0. The van der Waals surface area contributed by atoms with Crippen LogP contribution in [0, 0.1) is 5.92 Å². The molecule has 25 heavy (non-hydrogen) atoms. The number of carbonyl (C=O) groups excluding carboxylic acids is 1. The van der Waals surface area contributed by atoms with Gasteiger partial charge in [0.15, 0.2) is 5.78 Å². The Kier molecular flexibility index (Phi) is 4.55. The maximum Gasteiger partial charge on any atom is 0.165 e. The van der Waals surface area contributed by atoms with Crippen LogP contribution in [0.2, 0.25) is 0 Å². The zero-order valence-electron chi connectivity index (χ0n) is 13.9. The molecular weight excluding hydrogens is 334 g/mol. The number of phenolic OH excluding ortho intramolecular Hbond substituents is 1. The van der Waals surface area contributed by atoms with Gasteiger partial charge >= 0.3 is 0 Å². The van der Waals surface area contributed by atoms with E-state index in [1.54, 1.807) is 23.5 Å². The van der Waals surface area contributed by atoms with Crippen molar-refractivity contribution in [1.82, 2.24) is 15.3 Å². The van der Waals surface area contributed by atoms with Gasteiger partial charge in [-0.2, -0.15) is 0 Å². The fourth-order valence-corrected chi connectivity index (χ4v) is 4.14. The first-order valence-corrected chi connectivity index (χ1v) is 9.60. The second kappa shape index (κ2) is 6.98. The molecule has 1 unspecified atom stereocenters. The highest BCUT2D eigenvalue weighted by Gasteiger charge is 2.19. The lowest BCUT2D eigenvalue weighted by atomic mass is 9.92. The summed E-state index contributed by atoms with van der Waals surface area (Å²) in [5.41, 5.74) is 1.69. The topological polar surface area (TPSA) is 78.0 Å². The van der Waals surface area contributed by atoms with Crippen LogP contribution in [0.25, 0.3) is 21.7 Å². The minimum Gasteiger partial charge on any atom is -0.506 e. The SMILES string of the molecule is O=C(CCC1CCCNC1)c1ccc(O)c2[nH]c(-c3cccs3)nc12. The van der Waals surface area contributed by atoms with Crippen molar-refractivity contribution in [2.75, 3.05) is 13.1 Å². The molecule has 1 saturated heterocycles. The molecular formula is C19H21N3O2S. The number of aromatic nitrogens is 2. The third kappa shape index (κ3) is 3.32. The summed E-state index contributed by atoms with van der Waals surface area (Å²) in [4.78, 5) is 21.5. The number of fused-ring (bicyclic) bond motifs is 1. The van der Waals surface area contributed by atoms with Crippen molar-refractivity contribution in [3.8, 4) is 16.5 Å². The van der Waals surface area contributed by atoms with E-state index in [0.29, 0.717) is 34.8 Å². The molecule has 0 radical (unpaired) electrons. The van der Waals surface area contributed by atoms with Crippen molar-refractivity contribution < 1.29 is 9.90 Å². The standard InChI is InChI=1S/C19H21N3O2S/c23-14(7-5-12-3-1-9-20-11-12)13-6-8-15(24)18-17(13)21-19(22-18)16-4-2-10-25-16/h2,4,6,8,10,12,20,24H,1,3,5,7,9,11H2,(H,21,22). The Hall–Kier alpha value is -2.18. The first kappa shape index (κ1) is 16.3. The van der Waals surface area contributed by atoms with Gasteiger partial charge in [0.25, 0.3) is 0 Å². The second-order valence-electron chi connectivity index (χ2n) is 6.59.